The van der Waals surface area contributed by atoms with Gasteiger partial charge in [-0.2, -0.15) is 5.10 Å². The number of nitrogens with zero attached hydrogens (tertiary/aromatic N) is 6. The van der Waals surface area contributed by atoms with Gasteiger partial charge in [-0.15, -0.1) is 0 Å². The zero-order valence-electron chi connectivity index (χ0n) is 12.4. The number of aromatic nitrogens is 2. The quantitative estimate of drug-likeness (QED) is 0.492. The van der Waals surface area contributed by atoms with Crippen molar-refractivity contribution in [3.8, 4) is 0 Å². The van der Waals surface area contributed by atoms with Gasteiger partial charge in [0.1, 0.15) is 6.10 Å². The highest BCUT2D eigenvalue weighted by molar-refractivity contribution is 5.93. The highest BCUT2D eigenvalue weighted by Gasteiger charge is 2.32. The Bertz CT molecular complexity index is 762. The lowest BCUT2D eigenvalue weighted by Crippen LogP contribution is -2.25. The van der Waals surface area contributed by atoms with E-state index in [2.05, 4.69) is 29.0 Å². The average Bonchev–Trinajstić information content (AvgIpc) is 3.07. The molecule has 1 aliphatic heterocycles. The molecule has 0 aliphatic carbocycles. The summed E-state index contributed by atoms with van der Waals surface area (Å²) in [5, 5.41) is 8.79. The molecule has 1 saturated heterocycles. The Morgan fingerprint density at radius 2 is 2.36 bits per heavy atom. The first-order valence-electron chi connectivity index (χ1n) is 7.06. The van der Waals surface area contributed by atoms with Crippen LogP contribution in [0.25, 0.3) is 21.3 Å². The van der Waals surface area contributed by atoms with Crippen molar-refractivity contribution in [2.45, 2.75) is 26.0 Å². The lowest BCUT2D eigenvalue weighted by atomic mass is 10.2. The Hall–Kier alpha value is -2.73. The van der Waals surface area contributed by atoms with Gasteiger partial charge in [0.15, 0.2) is 0 Å². The number of hydrogen-bond donors (Lipinski definition) is 0. The van der Waals surface area contributed by atoms with Crippen LogP contribution in [0.15, 0.2) is 29.5 Å². The van der Waals surface area contributed by atoms with Gasteiger partial charge >= 0.3 is 6.09 Å². The molecule has 1 aromatic carbocycles. The fourth-order valence-electron chi connectivity index (χ4n) is 2.57. The second kappa shape index (κ2) is 5.57. The van der Waals surface area contributed by atoms with Crippen molar-refractivity contribution in [1.82, 2.24) is 9.78 Å². The smallest absolute Gasteiger partial charge is 0.414 e. The maximum atomic E-state index is 11.9. The van der Waals surface area contributed by atoms with E-state index in [1.165, 1.54) is 0 Å². The van der Waals surface area contributed by atoms with Crippen molar-refractivity contribution in [3.05, 3.63) is 34.8 Å². The third-order valence-corrected chi connectivity index (χ3v) is 3.60. The molecule has 1 fully saturated rings. The number of azide groups is 1. The first-order chi connectivity index (χ1) is 10.6. The minimum absolute atomic E-state index is 0.145. The zero-order chi connectivity index (χ0) is 15.7. The molecule has 1 aromatic heterocycles. The van der Waals surface area contributed by atoms with Gasteiger partial charge in [-0.25, -0.2) is 4.79 Å². The van der Waals surface area contributed by atoms with E-state index >= 15 is 0 Å². The number of ether oxygens (including phenoxy) is 1. The van der Waals surface area contributed by atoms with E-state index in [1.807, 2.05) is 22.9 Å². The van der Waals surface area contributed by atoms with Crippen LogP contribution in [0, 0.1) is 0 Å². The van der Waals surface area contributed by atoms with Crippen LogP contribution in [-0.2, 0) is 4.74 Å². The molecule has 0 N–H and O–H groups in total. The Morgan fingerprint density at radius 3 is 3.09 bits per heavy atom. The first kappa shape index (κ1) is 14.2. The summed E-state index contributed by atoms with van der Waals surface area (Å²) in [6.45, 7) is 4.66. The molecule has 3 rings (SSSR count). The van der Waals surface area contributed by atoms with Crippen molar-refractivity contribution < 1.29 is 9.53 Å². The van der Waals surface area contributed by atoms with Gasteiger partial charge in [0, 0.05) is 22.0 Å². The Balaban J connectivity index is 1.87. The number of cyclic esters (lactones) is 1. The number of hydrogen-bond acceptors (Lipinski definition) is 4. The minimum Gasteiger partial charge on any atom is -0.444 e. The summed E-state index contributed by atoms with van der Waals surface area (Å²) in [5.74, 6) is 0. The van der Waals surface area contributed by atoms with E-state index in [0.29, 0.717) is 6.54 Å². The van der Waals surface area contributed by atoms with Crippen molar-refractivity contribution >= 4 is 22.7 Å². The molecule has 0 saturated carbocycles. The van der Waals surface area contributed by atoms with Crippen LogP contribution in [0.4, 0.5) is 10.5 Å². The average molecular weight is 300 g/mol. The third kappa shape index (κ3) is 2.44. The number of carbonyl (C=O) groups is 1. The fraction of sp³-hybridized carbons (Fsp3) is 0.429. The summed E-state index contributed by atoms with van der Waals surface area (Å²) >= 11 is 0. The Kier molecular flexibility index (Phi) is 3.60. The molecule has 0 radical (unpaired) electrons. The molecule has 0 bridgehead atoms. The number of rotatable bonds is 4. The highest BCUT2D eigenvalue weighted by Crippen LogP contribution is 2.27. The molecule has 0 unspecified atom stereocenters. The summed E-state index contributed by atoms with van der Waals surface area (Å²) < 4.78 is 7.12. The molecule has 22 heavy (non-hydrogen) atoms. The van der Waals surface area contributed by atoms with Crippen molar-refractivity contribution in [1.29, 1.82) is 0 Å². The second-order valence-electron chi connectivity index (χ2n) is 5.46. The minimum atomic E-state index is -0.422. The maximum absolute atomic E-state index is 11.9. The molecule has 0 spiro atoms. The molecular weight excluding hydrogens is 284 g/mol. The molecular formula is C14H16N6O2. The Labute approximate surface area is 126 Å². The molecule has 8 heteroatoms. The molecule has 114 valence electrons. The molecule has 2 aromatic rings. The standard InChI is InChI=1S/C14H16N6O2/c1-9(2)20-13-4-3-11(5-10(13)6-17-20)19-8-12(7-16-18-15)22-14(19)21/h3-6,9,12H,7-8H2,1-2H3/t12-/m0/s1. The maximum Gasteiger partial charge on any atom is 0.414 e. The Morgan fingerprint density at radius 1 is 1.55 bits per heavy atom. The molecule has 1 atom stereocenters. The molecule has 8 nitrogen and oxygen atoms in total. The lowest BCUT2D eigenvalue weighted by molar-refractivity contribution is 0.145. The predicted octanol–water partition coefficient (Wildman–Crippen LogP) is 3.25. The van der Waals surface area contributed by atoms with Crippen LogP contribution in [0.5, 0.6) is 0 Å². The lowest BCUT2D eigenvalue weighted by Gasteiger charge is -2.13. The number of anilines is 1. The van der Waals surface area contributed by atoms with Crippen molar-refractivity contribution in [3.63, 3.8) is 0 Å². The van der Waals surface area contributed by atoms with Crippen LogP contribution in [0.1, 0.15) is 19.9 Å². The van der Waals surface area contributed by atoms with Gasteiger partial charge < -0.3 is 4.74 Å². The topological polar surface area (TPSA) is 96.1 Å². The summed E-state index contributed by atoms with van der Waals surface area (Å²) in [7, 11) is 0. The van der Waals surface area contributed by atoms with Gasteiger partial charge in [-0.1, -0.05) is 5.11 Å². The van der Waals surface area contributed by atoms with Gasteiger partial charge in [-0.05, 0) is 37.6 Å². The number of benzene rings is 1. The monoisotopic (exact) mass is 300 g/mol. The van der Waals surface area contributed by atoms with E-state index in [-0.39, 0.29) is 12.6 Å². The molecule has 1 amide bonds. The highest BCUT2D eigenvalue weighted by atomic mass is 16.6. The summed E-state index contributed by atoms with van der Waals surface area (Å²) in [4.78, 5) is 16.2. The van der Waals surface area contributed by atoms with Crippen LogP contribution in [-0.4, -0.2) is 35.1 Å². The summed E-state index contributed by atoms with van der Waals surface area (Å²) in [6.07, 6.45) is 0.962. The summed E-state index contributed by atoms with van der Waals surface area (Å²) in [5.41, 5.74) is 10.1. The van der Waals surface area contributed by atoms with Crippen molar-refractivity contribution in [2.75, 3.05) is 18.0 Å². The van der Waals surface area contributed by atoms with Gasteiger partial charge in [0.05, 0.1) is 24.8 Å². The van der Waals surface area contributed by atoms with Crippen LogP contribution in [0.2, 0.25) is 0 Å². The van der Waals surface area contributed by atoms with E-state index in [0.717, 1.165) is 16.6 Å². The SMILES string of the molecule is CC(C)n1ncc2cc(N3C[C@H](CN=[N+]=[N-])OC3=O)ccc21. The molecule has 1 aliphatic rings. The van der Waals surface area contributed by atoms with E-state index in [1.54, 1.807) is 11.1 Å². The van der Waals surface area contributed by atoms with E-state index < -0.39 is 12.2 Å². The largest absolute Gasteiger partial charge is 0.444 e. The number of carbonyl (C=O) groups excluding carboxylic acids is 1. The number of amides is 1. The normalized spacial score (nSPS) is 17.9. The third-order valence-electron chi connectivity index (χ3n) is 3.60. The predicted molar refractivity (Wildman–Crippen MR) is 81.7 cm³/mol. The van der Waals surface area contributed by atoms with Crippen LogP contribution >= 0.6 is 0 Å². The second-order valence-corrected chi connectivity index (χ2v) is 5.46. The van der Waals surface area contributed by atoms with E-state index in [4.69, 9.17) is 10.3 Å². The van der Waals surface area contributed by atoms with Crippen LogP contribution < -0.4 is 4.90 Å². The van der Waals surface area contributed by atoms with Crippen LogP contribution in [0.3, 0.4) is 0 Å². The molecule has 2 heterocycles. The summed E-state index contributed by atoms with van der Waals surface area (Å²) in [6, 6.07) is 6.01. The van der Waals surface area contributed by atoms with E-state index in [9.17, 15) is 4.79 Å². The van der Waals surface area contributed by atoms with Gasteiger partial charge in [0.2, 0.25) is 0 Å². The van der Waals surface area contributed by atoms with Crippen molar-refractivity contribution in [2.24, 2.45) is 5.11 Å². The number of fused-ring (bicyclic) bond motifs is 1. The van der Waals surface area contributed by atoms with Gasteiger partial charge in [0.25, 0.3) is 0 Å². The van der Waals surface area contributed by atoms with Gasteiger partial charge in [-0.3, -0.25) is 9.58 Å². The first-order valence-corrected chi connectivity index (χ1v) is 7.06. The fourth-order valence-corrected chi connectivity index (χ4v) is 2.57. The zero-order valence-corrected chi connectivity index (χ0v) is 12.4.